The lowest BCUT2D eigenvalue weighted by atomic mass is 10.2. The zero-order chi connectivity index (χ0) is 12.5. The van der Waals surface area contributed by atoms with E-state index in [-0.39, 0.29) is 0 Å². The van der Waals surface area contributed by atoms with Crippen LogP contribution in [0.5, 0.6) is 0 Å². The van der Waals surface area contributed by atoms with Gasteiger partial charge in [-0.2, -0.15) is 0 Å². The first kappa shape index (κ1) is 11.4. The number of imidazole rings is 1. The van der Waals surface area contributed by atoms with Gasteiger partial charge in [-0.1, -0.05) is 30.3 Å². The normalized spacial score (nSPS) is 11.0. The van der Waals surface area contributed by atoms with Crippen molar-refractivity contribution in [2.45, 2.75) is 11.9 Å². The summed E-state index contributed by atoms with van der Waals surface area (Å²) in [6, 6.07) is 14.6. The molecule has 90 valence electrons. The Morgan fingerprint density at radius 1 is 1.11 bits per heavy atom. The van der Waals surface area contributed by atoms with Gasteiger partial charge in [-0.15, -0.1) is 11.8 Å². The van der Waals surface area contributed by atoms with Crippen LogP contribution in [0.15, 0.2) is 53.7 Å². The van der Waals surface area contributed by atoms with Gasteiger partial charge in [0.05, 0.1) is 0 Å². The second-order valence-corrected chi connectivity index (χ2v) is 5.06. The number of hydrogen-bond donors (Lipinski definition) is 0. The largest absolute Gasteiger partial charge is 0.294 e. The highest BCUT2D eigenvalue weighted by Gasteiger charge is 2.12. The summed E-state index contributed by atoms with van der Waals surface area (Å²) in [4.78, 5) is 4.76. The van der Waals surface area contributed by atoms with E-state index in [4.69, 9.17) is 4.98 Å². The summed E-state index contributed by atoms with van der Waals surface area (Å²) in [7, 11) is 0. The van der Waals surface area contributed by atoms with Crippen LogP contribution >= 0.6 is 11.8 Å². The van der Waals surface area contributed by atoms with E-state index in [0.29, 0.717) is 0 Å². The summed E-state index contributed by atoms with van der Waals surface area (Å²) >= 11 is 1.73. The quantitative estimate of drug-likeness (QED) is 0.642. The molecule has 3 aromatic rings. The molecular formula is C15H14N2S. The average Bonchev–Trinajstić information content (AvgIpc) is 2.77. The lowest BCUT2D eigenvalue weighted by Crippen LogP contribution is -1.86. The number of hydrogen-bond acceptors (Lipinski definition) is 2. The van der Waals surface area contributed by atoms with Gasteiger partial charge in [0.15, 0.2) is 0 Å². The van der Waals surface area contributed by atoms with E-state index >= 15 is 0 Å². The van der Waals surface area contributed by atoms with Crippen LogP contribution in [0.25, 0.3) is 16.9 Å². The van der Waals surface area contributed by atoms with Crippen molar-refractivity contribution in [3.63, 3.8) is 0 Å². The molecule has 0 atom stereocenters. The minimum atomic E-state index is 1.01. The van der Waals surface area contributed by atoms with Gasteiger partial charge in [-0.05, 0) is 30.9 Å². The van der Waals surface area contributed by atoms with Crippen molar-refractivity contribution in [1.29, 1.82) is 0 Å². The minimum Gasteiger partial charge on any atom is -0.294 e. The maximum Gasteiger partial charge on any atom is 0.138 e. The van der Waals surface area contributed by atoms with Gasteiger partial charge in [0.1, 0.15) is 16.4 Å². The fourth-order valence-corrected chi connectivity index (χ4v) is 2.81. The predicted octanol–water partition coefficient (Wildman–Crippen LogP) is 4.03. The molecule has 2 aromatic heterocycles. The van der Waals surface area contributed by atoms with E-state index in [1.165, 1.54) is 16.2 Å². The topological polar surface area (TPSA) is 17.3 Å². The second kappa shape index (κ2) is 4.50. The van der Waals surface area contributed by atoms with Crippen LogP contribution in [0.4, 0.5) is 0 Å². The van der Waals surface area contributed by atoms with E-state index in [1.807, 2.05) is 6.07 Å². The van der Waals surface area contributed by atoms with Crippen LogP contribution in [-0.4, -0.2) is 15.6 Å². The number of nitrogens with zero attached hydrogens (tertiary/aromatic N) is 2. The lowest BCUT2D eigenvalue weighted by Gasteiger charge is -2.01. The zero-order valence-electron chi connectivity index (χ0n) is 10.4. The van der Waals surface area contributed by atoms with Crippen LogP contribution < -0.4 is 0 Å². The minimum absolute atomic E-state index is 1.01. The Hall–Kier alpha value is -1.74. The molecule has 0 radical (unpaired) electrons. The van der Waals surface area contributed by atoms with E-state index in [2.05, 4.69) is 60.2 Å². The maximum atomic E-state index is 4.76. The van der Waals surface area contributed by atoms with Crippen LogP contribution in [0.2, 0.25) is 0 Å². The fourth-order valence-electron chi connectivity index (χ4n) is 2.10. The smallest absolute Gasteiger partial charge is 0.138 e. The summed E-state index contributed by atoms with van der Waals surface area (Å²) in [5, 5.41) is 1.19. The predicted molar refractivity (Wildman–Crippen MR) is 77.1 cm³/mol. The second-order valence-electron chi connectivity index (χ2n) is 4.27. The molecule has 1 aromatic carbocycles. The third-order valence-electron chi connectivity index (χ3n) is 2.98. The summed E-state index contributed by atoms with van der Waals surface area (Å²) in [6.07, 6.45) is 4.19. The van der Waals surface area contributed by atoms with E-state index in [9.17, 15) is 0 Å². The molecule has 0 aliphatic rings. The molecule has 0 bridgehead atoms. The first-order valence-corrected chi connectivity index (χ1v) is 7.10. The standard InChI is InChI=1S/C15H14N2S/c1-11-8-9-17-13(10-11)16-14(15(17)18-2)12-6-4-3-5-7-12/h3-10H,1-2H3. The van der Waals surface area contributed by atoms with Crippen molar-refractivity contribution in [3.05, 3.63) is 54.2 Å². The van der Waals surface area contributed by atoms with E-state index in [1.54, 1.807) is 11.8 Å². The molecule has 2 heterocycles. The Morgan fingerprint density at radius 2 is 1.89 bits per heavy atom. The Balaban J connectivity index is 2.29. The molecule has 2 nitrogen and oxygen atoms in total. The molecule has 3 rings (SSSR count). The summed E-state index contributed by atoms with van der Waals surface area (Å²) < 4.78 is 2.15. The van der Waals surface area contributed by atoms with Crippen LogP contribution in [0.3, 0.4) is 0 Å². The number of fused-ring (bicyclic) bond motifs is 1. The Kier molecular flexibility index (Phi) is 2.84. The molecule has 3 heteroatoms. The summed E-state index contributed by atoms with van der Waals surface area (Å²) in [5.41, 5.74) is 4.48. The number of benzene rings is 1. The van der Waals surface area contributed by atoms with Gasteiger partial charge in [0, 0.05) is 11.8 Å². The first-order valence-electron chi connectivity index (χ1n) is 5.88. The molecule has 0 aliphatic carbocycles. The molecule has 0 saturated carbocycles. The molecule has 0 fully saturated rings. The number of aromatic nitrogens is 2. The first-order chi connectivity index (χ1) is 8.79. The molecule has 0 spiro atoms. The Labute approximate surface area is 111 Å². The highest BCUT2D eigenvalue weighted by atomic mass is 32.2. The number of rotatable bonds is 2. The van der Waals surface area contributed by atoms with Gasteiger partial charge < -0.3 is 0 Å². The SMILES string of the molecule is CSc1c(-c2ccccc2)nc2cc(C)ccn12. The number of aryl methyl sites for hydroxylation is 1. The Morgan fingerprint density at radius 3 is 2.61 bits per heavy atom. The van der Waals surface area contributed by atoms with E-state index in [0.717, 1.165) is 11.3 Å². The summed E-state index contributed by atoms with van der Waals surface area (Å²) in [5.74, 6) is 0. The van der Waals surface area contributed by atoms with Crippen molar-refractivity contribution in [3.8, 4) is 11.3 Å². The third kappa shape index (κ3) is 1.81. The van der Waals surface area contributed by atoms with Crippen LogP contribution in [0, 0.1) is 6.92 Å². The van der Waals surface area contributed by atoms with Gasteiger partial charge in [-0.25, -0.2) is 4.98 Å². The zero-order valence-corrected chi connectivity index (χ0v) is 11.2. The highest BCUT2D eigenvalue weighted by molar-refractivity contribution is 7.98. The molecule has 0 saturated heterocycles. The molecule has 0 aliphatic heterocycles. The van der Waals surface area contributed by atoms with Gasteiger partial charge in [-0.3, -0.25) is 4.40 Å². The van der Waals surface area contributed by atoms with Gasteiger partial charge in [0.25, 0.3) is 0 Å². The van der Waals surface area contributed by atoms with Crippen molar-refractivity contribution < 1.29 is 0 Å². The van der Waals surface area contributed by atoms with Crippen molar-refractivity contribution in [2.24, 2.45) is 0 Å². The number of pyridine rings is 1. The highest BCUT2D eigenvalue weighted by Crippen LogP contribution is 2.30. The molecule has 18 heavy (non-hydrogen) atoms. The third-order valence-corrected chi connectivity index (χ3v) is 3.76. The van der Waals surface area contributed by atoms with Crippen molar-refractivity contribution in [1.82, 2.24) is 9.38 Å². The van der Waals surface area contributed by atoms with Crippen molar-refractivity contribution in [2.75, 3.05) is 6.26 Å². The lowest BCUT2D eigenvalue weighted by molar-refractivity contribution is 1.05. The Bertz CT molecular complexity index is 686. The average molecular weight is 254 g/mol. The number of thioether (sulfide) groups is 1. The van der Waals surface area contributed by atoms with E-state index < -0.39 is 0 Å². The molecule has 0 unspecified atom stereocenters. The van der Waals surface area contributed by atoms with Gasteiger partial charge >= 0.3 is 0 Å². The maximum absolute atomic E-state index is 4.76. The molecule has 0 N–H and O–H groups in total. The summed E-state index contributed by atoms with van der Waals surface area (Å²) in [6.45, 7) is 2.09. The molecule has 0 amide bonds. The van der Waals surface area contributed by atoms with Gasteiger partial charge in [0.2, 0.25) is 0 Å². The fraction of sp³-hybridized carbons (Fsp3) is 0.133. The molecular weight excluding hydrogens is 240 g/mol. The van der Waals surface area contributed by atoms with Crippen LogP contribution in [0.1, 0.15) is 5.56 Å². The monoisotopic (exact) mass is 254 g/mol. The van der Waals surface area contributed by atoms with Crippen LogP contribution in [-0.2, 0) is 0 Å². The van der Waals surface area contributed by atoms with Crippen molar-refractivity contribution >= 4 is 17.4 Å².